The molecule has 0 radical (unpaired) electrons. The number of aromatic nitrogens is 2. The molecule has 28 heavy (non-hydrogen) atoms. The molecule has 0 aliphatic heterocycles. The maximum Gasteiger partial charge on any atom is 0.259 e. The first-order valence-electron chi connectivity index (χ1n) is 7.79. The topological polar surface area (TPSA) is 92.3 Å². The Hall–Kier alpha value is -2.04. The summed E-state index contributed by atoms with van der Waals surface area (Å²) in [5.41, 5.74) is 1.59. The monoisotopic (exact) mass is 456 g/mol. The minimum absolute atomic E-state index is 0.120. The van der Waals surface area contributed by atoms with Gasteiger partial charge in [-0.1, -0.05) is 35.3 Å². The average molecular weight is 457 g/mol. The number of carbonyl (C=O) groups is 1. The average Bonchev–Trinajstić information content (AvgIpc) is 3.12. The Kier molecular flexibility index (Phi) is 6.01. The van der Waals surface area contributed by atoms with Crippen molar-refractivity contribution in [2.75, 3.05) is 19.4 Å². The van der Waals surface area contributed by atoms with E-state index in [1.165, 1.54) is 49.8 Å². The van der Waals surface area contributed by atoms with Crippen LogP contribution in [0.25, 0.3) is 11.3 Å². The van der Waals surface area contributed by atoms with Gasteiger partial charge in [-0.25, -0.2) is 22.7 Å². The van der Waals surface area contributed by atoms with Gasteiger partial charge in [0.15, 0.2) is 5.13 Å². The highest BCUT2D eigenvalue weighted by Gasteiger charge is 2.17. The van der Waals surface area contributed by atoms with Crippen molar-refractivity contribution in [2.24, 2.45) is 0 Å². The number of pyridine rings is 1. The third-order valence-electron chi connectivity index (χ3n) is 3.71. The van der Waals surface area contributed by atoms with Crippen LogP contribution in [0.5, 0.6) is 0 Å². The minimum Gasteiger partial charge on any atom is -0.298 e. The lowest BCUT2D eigenvalue weighted by molar-refractivity contribution is 0.102. The van der Waals surface area contributed by atoms with Crippen LogP contribution in [0.3, 0.4) is 0 Å². The summed E-state index contributed by atoms with van der Waals surface area (Å²) in [6, 6.07) is 7.79. The van der Waals surface area contributed by atoms with Gasteiger partial charge in [-0.05, 0) is 18.2 Å². The number of nitrogens with zero attached hydrogens (tertiary/aromatic N) is 3. The van der Waals surface area contributed by atoms with E-state index in [0.717, 1.165) is 9.87 Å². The molecule has 146 valence electrons. The van der Waals surface area contributed by atoms with E-state index in [9.17, 15) is 13.2 Å². The number of benzene rings is 1. The quantitative estimate of drug-likeness (QED) is 0.585. The highest BCUT2D eigenvalue weighted by molar-refractivity contribution is 7.89. The Bertz CT molecular complexity index is 1130. The molecule has 7 nitrogen and oxygen atoms in total. The van der Waals surface area contributed by atoms with Gasteiger partial charge in [-0.3, -0.25) is 10.1 Å². The third kappa shape index (κ3) is 4.34. The van der Waals surface area contributed by atoms with Crippen LogP contribution >= 0.6 is 34.5 Å². The van der Waals surface area contributed by atoms with Crippen molar-refractivity contribution < 1.29 is 13.2 Å². The van der Waals surface area contributed by atoms with Crippen LogP contribution in [0.2, 0.25) is 10.2 Å². The zero-order valence-electron chi connectivity index (χ0n) is 14.7. The summed E-state index contributed by atoms with van der Waals surface area (Å²) in [5.74, 6) is -0.417. The van der Waals surface area contributed by atoms with Crippen LogP contribution in [0.4, 0.5) is 5.13 Å². The van der Waals surface area contributed by atoms with Gasteiger partial charge in [0.25, 0.3) is 5.91 Å². The van der Waals surface area contributed by atoms with E-state index in [0.29, 0.717) is 10.8 Å². The van der Waals surface area contributed by atoms with Gasteiger partial charge < -0.3 is 0 Å². The van der Waals surface area contributed by atoms with Crippen LogP contribution in [0.15, 0.2) is 46.8 Å². The molecule has 1 amide bonds. The fraction of sp³-hybridized carbons (Fsp3) is 0.118. The first-order chi connectivity index (χ1) is 13.2. The lowest BCUT2D eigenvalue weighted by Gasteiger charge is -2.11. The number of carbonyl (C=O) groups excluding carboxylic acids is 1. The number of sulfonamides is 1. The second-order valence-electron chi connectivity index (χ2n) is 5.80. The van der Waals surface area contributed by atoms with Crippen molar-refractivity contribution >= 4 is 55.6 Å². The van der Waals surface area contributed by atoms with Crippen LogP contribution in [0, 0.1) is 0 Å². The number of hydrogen-bond acceptors (Lipinski definition) is 6. The molecular weight excluding hydrogens is 443 g/mol. The largest absolute Gasteiger partial charge is 0.298 e. The van der Waals surface area contributed by atoms with Crippen molar-refractivity contribution in [3.05, 3.63) is 57.6 Å². The highest BCUT2D eigenvalue weighted by atomic mass is 35.5. The number of halogens is 2. The van der Waals surface area contributed by atoms with Crippen LogP contribution in [0.1, 0.15) is 10.4 Å². The second kappa shape index (κ2) is 8.14. The Morgan fingerprint density at radius 1 is 1.18 bits per heavy atom. The van der Waals surface area contributed by atoms with Gasteiger partial charge in [0.1, 0.15) is 5.15 Å². The minimum atomic E-state index is -3.49. The fourth-order valence-electron chi connectivity index (χ4n) is 2.19. The van der Waals surface area contributed by atoms with Gasteiger partial charge in [0, 0.05) is 31.2 Å². The Labute approximate surface area is 176 Å². The zero-order chi connectivity index (χ0) is 20.5. The van der Waals surface area contributed by atoms with E-state index in [1.54, 1.807) is 17.5 Å². The summed E-state index contributed by atoms with van der Waals surface area (Å²) >= 11 is 12.9. The summed E-state index contributed by atoms with van der Waals surface area (Å²) in [5, 5.41) is 5.12. The molecule has 2 heterocycles. The smallest absolute Gasteiger partial charge is 0.259 e. The number of anilines is 1. The van der Waals surface area contributed by atoms with Gasteiger partial charge in [0.2, 0.25) is 10.0 Å². The first-order valence-corrected chi connectivity index (χ1v) is 10.9. The molecule has 1 aromatic carbocycles. The molecule has 11 heteroatoms. The predicted octanol–water partition coefficient (Wildman–Crippen LogP) is 4.01. The van der Waals surface area contributed by atoms with E-state index in [2.05, 4.69) is 15.3 Å². The summed E-state index contributed by atoms with van der Waals surface area (Å²) < 4.78 is 25.4. The molecule has 0 saturated carbocycles. The van der Waals surface area contributed by atoms with Crippen molar-refractivity contribution in [3.8, 4) is 11.3 Å². The number of rotatable bonds is 5. The molecule has 2 aromatic heterocycles. The lowest BCUT2D eigenvalue weighted by atomic mass is 10.2. The Morgan fingerprint density at radius 3 is 2.46 bits per heavy atom. The summed E-state index contributed by atoms with van der Waals surface area (Å²) in [7, 11) is -0.543. The number of thiazole rings is 1. The summed E-state index contributed by atoms with van der Waals surface area (Å²) in [6.07, 6.45) is 1.32. The van der Waals surface area contributed by atoms with E-state index < -0.39 is 15.9 Å². The van der Waals surface area contributed by atoms with Gasteiger partial charge in [0.05, 0.1) is 21.2 Å². The van der Waals surface area contributed by atoms with Gasteiger partial charge in [-0.2, -0.15) is 0 Å². The lowest BCUT2D eigenvalue weighted by Crippen LogP contribution is -2.22. The molecule has 3 rings (SSSR count). The van der Waals surface area contributed by atoms with Gasteiger partial charge in [-0.15, -0.1) is 11.3 Å². The number of amides is 1. The van der Waals surface area contributed by atoms with Crippen molar-refractivity contribution in [2.45, 2.75) is 4.90 Å². The molecule has 0 aliphatic carbocycles. The van der Waals surface area contributed by atoms with Crippen LogP contribution in [-0.4, -0.2) is 42.7 Å². The van der Waals surface area contributed by atoms with E-state index >= 15 is 0 Å². The molecule has 0 atom stereocenters. The normalized spacial score (nSPS) is 11.6. The molecule has 0 saturated heterocycles. The van der Waals surface area contributed by atoms with Crippen LogP contribution < -0.4 is 5.32 Å². The van der Waals surface area contributed by atoms with Crippen molar-refractivity contribution in [3.63, 3.8) is 0 Å². The van der Waals surface area contributed by atoms with E-state index in [-0.39, 0.29) is 20.6 Å². The highest BCUT2D eigenvalue weighted by Crippen LogP contribution is 2.27. The number of nitrogens with one attached hydrogen (secondary N) is 1. The number of hydrogen-bond donors (Lipinski definition) is 1. The second-order valence-corrected chi connectivity index (χ2v) is 9.58. The van der Waals surface area contributed by atoms with E-state index in [4.69, 9.17) is 23.2 Å². The standard InChI is InChI=1S/C17H14Cl2N4O3S2/c1-23(2)28(25,26)12-5-3-10(4-6-12)14-9-27-17(21-14)22-16(24)11-7-13(18)15(19)20-8-11/h3-9H,1-2H3,(H,21,22,24). The molecule has 0 unspecified atom stereocenters. The molecule has 0 fully saturated rings. The Morgan fingerprint density at radius 2 is 1.86 bits per heavy atom. The molecule has 0 aliphatic rings. The first kappa shape index (κ1) is 20.7. The molecular formula is C17H14Cl2N4O3S2. The Balaban J connectivity index is 1.77. The van der Waals surface area contributed by atoms with Gasteiger partial charge >= 0.3 is 0 Å². The molecule has 0 spiro atoms. The fourth-order valence-corrected chi connectivity index (χ4v) is 4.07. The van der Waals surface area contributed by atoms with Crippen molar-refractivity contribution in [1.29, 1.82) is 0 Å². The molecule has 1 N–H and O–H groups in total. The third-order valence-corrected chi connectivity index (χ3v) is 6.98. The van der Waals surface area contributed by atoms with Crippen molar-refractivity contribution in [1.82, 2.24) is 14.3 Å². The predicted molar refractivity (Wildman–Crippen MR) is 111 cm³/mol. The zero-order valence-corrected chi connectivity index (χ0v) is 17.8. The summed E-state index contributed by atoms with van der Waals surface area (Å²) in [4.78, 5) is 20.7. The maximum absolute atomic E-state index is 12.3. The maximum atomic E-state index is 12.3. The summed E-state index contributed by atoms with van der Waals surface area (Å²) in [6.45, 7) is 0. The molecule has 0 bridgehead atoms. The van der Waals surface area contributed by atoms with Crippen LogP contribution in [-0.2, 0) is 10.0 Å². The molecule has 3 aromatic rings. The van der Waals surface area contributed by atoms with E-state index in [1.807, 2.05) is 0 Å². The SMILES string of the molecule is CN(C)S(=O)(=O)c1ccc(-c2csc(NC(=O)c3cnc(Cl)c(Cl)c3)n2)cc1.